The molecule has 0 spiro atoms. The first-order valence-corrected chi connectivity index (χ1v) is 7.28. The Bertz CT molecular complexity index is 486. The van der Waals surface area contributed by atoms with Gasteiger partial charge in [0.15, 0.2) is 11.6 Å². The highest BCUT2D eigenvalue weighted by atomic mass is 19.1. The van der Waals surface area contributed by atoms with Gasteiger partial charge >= 0.3 is 5.97 Å². The second kappa shape index (κ2) is 7.41. The molecule has 0 heterocycles. The van der Waals surface area contributed by atoms with Crippen LogP contribution in [0.3, 0.4) is 0 Å². The largest absolute Gasteiger partial charge is 0.494 e. The Balaban J connectivity index is 2.15. The van der Waals surface area contributed by atoms with Crippen molar-refractivity contribution in [2.75, 3.05) is 20.8 Å². The second-order valence-corrected chi connectivity index (χ2v) is 5.35. The summed E-state index contributed by atoms with van der Waals surface area (Å²) in [5.74, 6) is -0.407. The van der Waals surface area contributed by atoms with Crippen LogP contribution in [-0.4, -0.2) is 37.7 Å². The first-order chi connectivity index (χ1) is 10.2. The Morgan fingerprint density at radius 3 is 2.67 bits per heavy atom. The third-order valence-corrected chi connectivity index (χ3v) is 4.04. The van der Waals surface area contributed by atoms with Crippen LogP contribution in [0, 0.1) is 5.82 Å². The smallest absolute Gasteiger partial charge is 0.319 e. The van der Waals surface area contributed by atoms with Gasteiger partial charge in [-0.05, 0) is 18.9 Å². The molecule has 1 aliphatic rings. The number of methoxy groups -OCH3 is 2. The average Bonchev–Trinajstić information content (AvgIpc) is 3.02. The molecule has 1 fully saturated rings. The lowest BCUT2D eigenvalue weighted by Crippen LogP contribution is -2.37. The average molecular weight is 295 g/mol. The molecule has 5 heteroatoms. The van der Waals surface area contributed by atoms with Gasteiger partial charge in [-0.2, -0.15) is 0 Å². The van der Waals surface area contributed by atoms with Gasteiger partial charge in [-0.1, -0.05) is 25.0 Å². The van der Waals surface area contributed by atoms with Gasteiger partial charge in [-0.3, -0.25) is 9.69 Å². The maximum atomic E-state index is 14.3. The van der Waals surface area contributed by atoms with Gasteiger partial charge in [0.2, 0.25) is 0 Å². The third-order valence-electron chi connectivity index (χ3n) is 4.04. The Kier molecular flexibility index (Phi) is 5.56. The molecule has 1 aromatic rings. The van der Waals surface area contributed by atoms with Crippen molar-refractivity contribution in [3.8, 4) is 5.75 Å². The first-order valence-electron chi connectivity index (χ1n) is 7.28. The molecular formula is C16H22FNO3. The van der Waals surface area contributed by atoms with Crippen LogP contribution in [0.15, 0.2) is 18.2 Å². The number of hydrogen-bond donors (Lipinski definition) is 0. The Morgan fingerprint density at radius 1 is 1.33 bits per heavy atom. The van der Waals surface area contributed by atoms with E-state index in [1.54, 1.807) is 18.2 Å². The lowest BCUT2D eigenvalue weighted by Gasteiger charge is -2.28. The lowest BCUT2D eigenvalue weighted by atomic mass is 10.1. The molecule has 0 bridgehead atoms. The van der Waals surface area contributed by atoms with Gasteiger partial charge in [-0.15, -0.1) is 0 Å². The number of carbonyl (C=O) groups is 1. The van der Waals surface area contributed by atoms with E-state index in [1.165, 1.54) is 14.2 Å². The van der Waals surface area contributed by atoms with Crippen molar-refractivity contribution in [2.24, 2.45) is 0 Å². The summed E-state index contributed by atoms with van der Waals surface area (Å²) >= 11 is 0. The summed E-state index contributed by atoms with van der Waals surface area (Å²) in [7, 11) is 2.83. The van der Waals surface area contributed by atoms with E-state index in [0.717, 1.165) is 25.7 Å². The molecular weight excluding hydrogens is 273 g/mol. The van der Waals surface area contributed by atoms with E-state index in [0.29, 0.717) is 18.2 Å². The fraction of sp³-hybridized carbons (Fsp3) is 0.562. The van der Waals surface area contributed by atoms with Gasteiger partial charge < -0.3 is 9.47 Å². The van der Waals surface area contributed by atoms with Gasteiger partial charge in [0.25, 0.3) is 0 Å². The molecule has 0 saturated heterocycles. The van der Waals surface area contributed by atoms with E-state index in [2.05, 4.69) is 0 Å². The highest BCUT2D eigenvalue weighted by Crippen LogP contribution is 2.27. The molecule has 0 radical (unpaired) electrons. The quantitative estimate of drug-likeness (QED) is 0.757. The van der Waals surface area contributed by atoms with Crippen LogP contribution < -0.4 is 4.74 Å². The van der Waals surface area contributed by atoms with Crippen molar-refractivity contribution in [1.82, 2.24) is 4.90 Å². The van der Waals surface area contributed by atoms with Crippen LogP contribution in [0.5, 0.6) is 5.75 Å². The molecule has 0 aromatic heterocycles. The van der Waals surface area contributed by atoms with Crippen molar-refractivity contribution in [3.63, 3.8) is 0 Å². The van der Waals surface area contributed by atoms with Crippen LogP contribution >= 0.6 is 0 Å². The van der Waals surface area contributed by atoms with Crippen LogP contribution in [0.2, 0.25) is 0 Å². The van der Waals surface area contributed by atoms with Gasteiger partial charge in [0.05, 0.1) is 20.8 Å². The van der Waals surface area contributed by atoms with Crippen molar-refractivity contribution in [3.05, 3.63) is 29.6 Å². The molecule has 4 nitrogen and oxygen atoms in total. The summed E-state index contributed by atoms with van der Waals surface area (Å²) in [4.78, 5) is 13.6. The zero-order chi connectivity index (χ0) is 15.2. The van der Waals surface area contributed by atoms with Gasteiger partial charge in [0.1, 0.15) is 0 Å². The molecule has 0 aliphatic heterocycles. The Morgan fingerprint density at radius 2 is 2.05 bits per heavy atom. The standard InChI is InChI=1S/C16H22FNO3/c1-20-14-9-5-6-12(16(14)17)10-18(11-15(19)21-2)13-7-3-4-8-13/h5-6,9,13H,3-4,7-8,10-11H2,1-2H3. The number of ether oxygens (including phenoxy) is 2. The van der Waals surface area contributed by atoms with Crippen molar-refractivity contribution in [1.29, 1.82) is 0 Å². The Hall–Kier alpha value is -1.62. The molecule has 0 N–H and O–H groups in total. The number of nitrogens with zero attached hydrogens (tertiary/aromatic N) is 1. The predicted octanol–water partition coefficient (Wildman–Crippen LogP) is 2.75. The highest BCUT2D eigenvalue weighted by molar-refractivity contribution is 5.71. The molecule has 116 valence electrons. The third kappa shape index (κ3) is 3.94. The molecule has 0 unspecified atom stereocenters. The molecule has 1 saturated carbocycles. The molecule has 1 aromatic carbocycles. The van der Waals surface area contributed by atoms with Gasteiger partial charge in [-0.25, -0.2) is 4.39 Å². The van der Waals surface area contributed by atoms with E-state index < -0.39 is 0 Å². The van der Waals surface area contributed by atoms with E-state index in [1.807, 2.05) is 4.90 Å². The number of benzene rings is 1. The molecule has 1 aliphatic carbocycles. The fourth-order valence-corrected chi connectivity index (χ4v) is 2.87. The topological polar surface area (TPSA) is 38.8 Å². The molecule has 2 rings (SSSR count). The van der Waals surface area contributed by atoms with E-state index in [9.17, 15) is 9.18 Å². The van der Waals surface area contributed by atoms with E-state index in [4.69, 9.17) is 9.47 Å². The van der Waals surface area contributed by atoms with Crippen molar-refractivity contribution < 1.29 is 18.7 Å². The molecule has 0 amide bonds. The molecule has 0 atom stereocenters. The maximum absolute atomic E-state index is 14.3. The summed E-state index contributed by atoms with van der Waals surface area (Å²) in [6.07, 6.45) is 4.40. The van der Waals surface area contributed by atoms with Crippen LogP contribution in [-0.2, 0) is 16.1 Å². The van der Waals surface area contributed by atoms with E-state index in [-0.39, 0.29) is 24.1 Å². The summed E-state index contributed by atoms with van der Waals surface area (Å²) in [6.45, 7) is 0.584. The maximum Gasteiger partial charge on any atom is 0.319 e. The minimum Gasteiger partial charge on any atom is -0.494 e. The second-order valence-electron chi connectivity index (χ2n) is 5.35. The SMILES string of the molecule is COC(=O)CN(Cc1cccc(OC)c1F)C1CCCC1. The summed E-state index contributed by atoms with van der Waals surface area (Å²) in [5, 5.41) is 0. The minimum atomic E-state index is -0.354. The van der Waals surface area contributed by atoms with Crippen LogP contribution in [0.25, 0.3) is 0 Å². The zero-order valence-electron chi connectivity index (χ0n) is 12.6. The van der Waals surface area contributed by atoms with Gasteiger partial charge in [0, 0.05) is 18.2 Å². The fourth-order valence-electron chi connectivity index (χ4n) is 2.87. The molecule has 21 heavy (non-hydrogen) atoms. The number of rotatable bonds is 6. The number of carbonyl (C=O) groups excluding carboxylic acids is 1. The monoisotopic (exact) mass is 295 g/mol. The highest BCUT2D eigenvalue weighted by Gasteiger charge is 2.26. The number of esters is 1. The van der Waals surface area contributed by atoms with Crippen molar-refractivity contribution >= 4 is 5.97 Å². The number of hydrogen-bond acceptors (Lipinski definition) is 4. The summed E-state index contributed by atoms with van der Waals surface area (Å²) < 4.78 is 24.0. The van der Waals surface area contributed by atoms with E-state index >= 15 is 0 Å². The Labute approximate surface area is 124 Å². The minimum absolute atomic E-state index is 0.192. The normalized spacial score (nSPS) is 15.4. The van der Waals surface area contributed by atoms with Crippen molar-refractivity contribution in [2.45, 2.75) is 38.3 Å². The van der Waals surface area contributed by atoms with Crippen LogP contribution in [0.4, 0.5) is 4.39 Å². The summed E-state index contributed by atoms with van der Waals surface area (Å²) in [5.41, 5.74) is 0.546. The zero-order valence-corrected chi connectivity index (χ0v) is 12.6. The van der Waals surface area contributed by atoms with Crippen LogP contribution in [0.1, 0.15) is 31.2 Å². The number of halogens is 1. The summed E-state index contributed by atoms with van der Waals surface area (Å²) in [6, 6.07) is 5.41. The predicted molar refractivity (Wildman–Crippen MR) is 77.6 cm³/mol. The first kappa shape index (κ1) is 15.8. The lowest BCUT2D eigenvalue weighted by molar-refractivity contribution is -0.142.